The van der Waals surface area contributed by atoms with E-state index in [-0.39, 0.29) is 30.1 Å². The Kier molecular flexibility index (Phi) is 4.91. The first-order chi connectivity index (χ1) is 12.6. The lowest BCUT2D eigenvalue weighted by Crippen LogP contribution is -2.37. The van der Waals surface area contributed by atoms with Crippen molar-refractivity contribution in [3.8, 4) is 0 Å². The summed E-state index contributed by atoms with van der Waals surface area (Å²) in [7, 11) is 0. The molecule has 0 bridgehead atoms. The summed E-state index contributed by atoms with van der Waals surface area (Å²) in [6, 6.07) is 12.0. The lowest BCUT2D eigenvalue weighted by atomic mass is 10.0. The first kappa shape index (κ1) is 17.4. The molecule has 2 heterocycles. The number of amides is 2. The van der Waals surface area contributed by atoms with Gasteiger partial charge in [0, 0.05) is 22.0 Å². The van der Waals surface area contributed by atoms with Gasteiger partial charge in [0.05, 0.1) is 17.0 Å². The Morgan fingerprint density at radius 2 is 2.08 bits per heavy atom. The summed E-state index contributed by atoms with van der Waals surface area (Å²) in [5.74, 6) is 0.221. The average Bonchev–Trinajstić information content (AvgIpc) is 2.63. The average molecular weight is 388 g/mol. The molecule has 2 aromatic rings. The van der Waals surface area contributed by atoms with Crippen LogP contribution in [-0.2, 0) is 9.59 Å². The molecule has 0 fully saturated rings. The Bertz CT molecular complexity index is 874. The Balaban J connectivity index is 1.44. The van der Waals surface area contributed by atoms with Crippen molar-refractivity contribution in [2.75, 3.05) is 11.1 Å². The number of carbonyl (C=O) groups excluding carboxylic acids is 2. The van der Waals surface area contributed by atoms with E-state index in [1.165, 1.54) is 23.9 Å². The van der Waals surface area contributed by atoms with Gasteiger partial charge in [-0.3, -0.25) is 9.59 Å². The van der Waals surface area contributed by atoms with E-state index in [1.807, 2.05) is 24.3 Å². The zero-order valence-corrected chi connectivity index (χ0v) is 15.5. The first-order valence-electron chi connectivity index (χ1n) is 8.38. The van der Waals surface area contributed by atoms with Gasteiger partial charge in [-0.15, -0.1) is 23.5 Å². The molecule has 7 heteroatoms. The Morgan fingerprint density at radius 1 is 1.23 bits per heavy atom. The van der Waals surface area contributed by atoms with Crippen molar-refractivity contribution in [1.29, 1.82) is 0 Å². The lowest BCUT2D eigenvalue weighted by Gasteiger charge is -2.27. The molecule has 26 heavy (non-hydrogen) atoms. The molecule has 0 radical (unpaired) electrons. The third kappa shape index (κ3) is 3.59. The van der Waals surface area contributed by atoms with Crippen LogP contribution in [0.2, 0.25) is 0 Å². The number of anilines is 1. The van der Waals surface area contributed by atoms with Crippen molar-refractivity contribution in [1.82, 2.24) is 5.32 Å². The Morgan fingerprint density at radius 3 is 2.96 bits per heavy atom. The highest BCUT2D eigenvalue weighted by atomic mass is 32.2. The molecule has 2 aromatic carbocycles. The summed E-state index contributed by atoms with van der Waals surface area (Å²) in [6.45, 7) is 0. The van der Waals surface area contributed by atoms with Crippen LogP contribution >= 0.6 is 23.5 Å². The van der Waals surface area contributed by atoms with Crippen LogP contribution in [0.5, 0.6) is 0 Å². The maximum atomic E-state index is 13.6. The molecule has 4 rings (SSSR count). The molecule has 0 aromatic heterocycles. The minimum atomic E-state index is -0.463. The van der Waals surface area contributed by atoms with E-state index in [4.69, 9.17) is 0 Å². The fourth-order valence-electron chi connectivity index (χ4n) is 3.16. The normalized spacial score (nSPS) is 21.3. The Labute approximate surface area is 159 Å². The predicted octanol–water partition coefficient (Wildman–Crippen LogP) is 3.98. The van der Waals surface area contributed by atoms with Crippen LogP contribution in [0.1, 0.15) is 24.4 Å². The topological polar surface area (TPSA) is 58.2 Å². The van der Waals surface area contributed by atoms with Crippen LogP contribution in [0.15, 0.2) is 52.3 Å². The van der Waals surface area contributed by atoms with Gasteiger partial charge in [0.25, 0.3) is 0 Å². The predicted molar refractivity (Wildman–Crippen MR) is 102 cm³/mol. The number of benzene rings is 2. The first-order valence-corrected chi connectivity index (χ1v) is 10.2. The standard InChI is InChI=1S/C19H17FN2O2S2/c20-11-5-6-15-12(9-11)13(7-8-25-15)21-18(23)10-17-19(24)22-14-3-1-2-4-16(14)26-17/h1-6,9,13,17H,7-8,10H2,(H,21,23)(H,22,24)/t13-,17-/m0/s1. The number of para-hydroxylation sites is 1. The van der Waals surface area contributed by atoms with E-state index in [0.29, 0.717) is 0 Å². The van der Waals surface area contributed by atoms with Gasteiger partial charge in [-0.25, -0.2) is 4.39 Å². The van der Waals surface area contributed by atoms with Crippen LogP contribution in [0.4, 0.5) is 10.1 Å². The minimum Gasteiger partial charge on any atom is -0.349 e. The highest BCUT2D eigenvalue weighted by Gasteiger charge is 2.30. The zero-order chi connectivity index (χ0) is 18.1. The monoisotopic (exact) mass is 388 g/mol. The van der Waals surface area contributed by atoms with E-state index < -0.39 is 5.25 Å². The number of hydrogen-bond donors (Lipinski definition) is 2. The number of nitrogens with one attached hydrogen (secondary N) is 2. The molecule has 0 spiro atoms. The summed E-state index contributed by atoms with van der Waals surface area (Å²) in [5, 5.41) is 5.37. The number of fused-ring (bicyclic) bond motifs is 2. The number of halogens is 1. The quantitative estimate of drug-likeness (QED) is 0.835. The van der Waals surface area contributed by atoms with E-state index in [9.17, 15) is 14.0 Å². The number of hydrogen-bond acceptors (Lipinski definition) is 4. The van der Waals surface area contributed by atoms with E-state index in [0.717, 1.165) is 33.2 Å². The van der Waals surface area contributed by atoms with Crippen molar-refractivity contribution in [3.63, 3.8) is 0 Å². The number of rotatable bonds is 3. The molecule has 0 unspecified atom stereocenters. The highest BCUT2D eigenvalue weighted by Crippen LogP contribution is 2.38. The molecular weight excluding hydrogens is 371 g/mol. The van der Waals surface area contributed by atoms with Crippen LogP contribution in [0, 0.1) is 5.82 Å². The fourth-order valence-corrected chi connectivity index (χ4v) is 5.38. The molecule has 0 saturated heterocycles. The highest BCUT2D eigenvalue weighted by molar-refractivity contribution is 8.01. The van der Waals surface area contributed by atoms with Crippen LogP contribution in [0.3, 0.4) is 0 Å². The van der Waals surface area contributed by atoms with Gasteiger partial charge in [0.1, 0.15) is 5.82 Å². The van der Waals surface area contributed by atoms with Crippen LogP contribution in [0.25, 0.3) is 0 Å². The van der Waals surface area contributed by atoms with Crippen molar-refractivity contribution in [2.45, 2.75) is 33.9 Å². The zero-order valence-electron chi connectivity index (χ0n) is 13.8. The van der Waals surface area contributed by atoms with Gasteiger partial charge < -0.3 is 10.6 Å². The van der Waals surface area contributed by atoms with Crippen molar-refractivity contribution in [2.24, 2.45) is 0 Å². The maximum Gasteiger partial charge on any atom is 0.238 e. The van der Waals surface area contributed by atoms with Gasteiger partial charge in [0.15, 0.2) is 0 Å². The Hall–Kier alpha value is -1.99. The number of carbonyl (C=O) groups is 2. The van der Waals surface area contributed by atoms with E-state index in [2.05, 4.69) is 10.6 Å². The van der Waals surface area contributed by atoms with Crippen LogP contribution < -0.4 is 10.6 Å². The van der Waals surface area contributed by atoms with Crippen molar-refractivity contribution >= 4 is 41.0 Å². The molecule has 2 N–H and O–H groups in total. The smallest absolute Gasteiger partial charge is 0.238 e. The van der Waals surface area contributed by atoms with Gasteiger partial charge in [0.2, 0.25) is 11.8 Å². The second kappa shape index (κ2) is 7.32. The summed E-state index contributed by atoms with van der Waals surface area (Å²) < 4.78 is 13.6. The summed E-state index contributed by atoms with van der Waals surface area (Å²) in [6.07, 6.45) is 0.846. The second-order valence-electron chi connectivity index (χ2n) is 6.24. The van der Waals surface area contributed by atoms with Gasteiger partial charge in [-0.2, -0.15) is 0 Å². The molecular formula is C19H17FN2O2S2. The molecule has 0 saturated carbocycles. The SMILES string of the molecule is O=C(C[C@@H]1Sc2ccccc2NC1=O)N[C@H]1CCSc2ccc(F)cc21. The molecule has 134 valence electrons. The molecule has 4 nitrogen and oxygen atoms in total. The van der Waals surface area contributed by atoms with Gasteiger partial charge in [-0.1, -0.05) is 12.1 Å². The molecule has 0 aliphatic carbocycles. The lowest BCUT2D eigenvalue weighted by molar-refractivity contribution is -0.124. The number of thioether (sulfide) groups is 2. The van der Waals surface area contributed by atoms with E-state index in [1.54, 1.807) is 17.8 Å². The van der Waals surface area contributed by atoms with Gasteiger partial charge in [-0.05, 0) is 42.3 Å². The van der Waals surface area contributed by atoms with E-state index >= 15 is 0 Å². The van der Waals surface area contributed by atoms with Crippen LogP contribution in [-0.4, -0.2) is 22.8 Å². The molecule has 2 aliphatic heterocycles. The second-order valence-corrected chi connectivity index (χ2v) is 8.62. The largest absolute Gasteiger partial charge is 0.349 e. The van der Waals surface area contributed by atoms with Crippen molar-refractivity contribution < 1.29 is 14.0 Å². The van der Waals surface area contributed by atoms with Gasteiger partial charge >= 0.3 is 0 Å². The molecule has 2 amide bonds. The molecule has 2 atom stereocenters. The summed E-state index contributed by atoms with van der Waals surface area (Å²) >= 11 is 3.08. The summed E-state index contributed by atoms with van der Waals surface area (Å²) in [4.78, 5) is 26.8. The third-order valence-corrected chi connectivity index (χ3v) is 6.82. The minimum absolute atomic E-state index is 0.0964. The molecule has 2 aliphatic rings. The fraction of sp³-hybridized carbons (Fsp3) is 0.263. The van der Waals surface area contributed by atoms with Crippen molar-refractivity contribution in [3.05, 3.63) is 53.8 Å². The maximum absolute atomic E-state index is 13.6. The third-order valence-electron chi connectivity index (χ3n) is 4.42. The summed E-state index contributed by atoms with van der Waals surface area (Å²) in [5.41, 5.74) is 1.61.